The van der Waals surface area contributed by atoms with Crippen molar-refractivity contribution in [3.05, 3.63) is 0 Å². The van der Waals surface area contributed by atoms with E-state index >= 15 is 0 Å². The van der Waals surface area contributed by atoms with Gasteiger partial charge in [0.05, 0.1) is 19.8 Å². The Morgan fingerprint density at radius 1 is 0.246 bits per heavy atom. The summed E-state index contributed by atoms with van der Waals surface area (Å²) in [5.41, 5.74) is -4.56. The van der Waals surface area contributed by atoms with Crippen LogP contribution in [0, 0.1) is 59.6 Å². The zero-order valence-corrected chi connectivity index (χ0v) is 86.7. The fourth-order valence-corrected chi connectivity index (χ4v) is 14.9. The van der Waals surface area contributed by atoms with Gasteiger partial charge in [0.1, 0.15) is 34.0 Å². The molecule has 726 valence electrons. The number of hydrogen-bond donors (Lipinski definition) is 1. The molecule has 0 aromatic carbocycles. The minimum atomic E-state index is -2.51. The first-order chi connectivity index (χ1) is 52.6. The Balaban J connectivity index is -0.000000160. The molecule has 14 heteroatoms. The molecule has 0 unspecified atom stereocenters. The van der Waals surface area contributed by atoms with Crippen LogP contribution in [0.1, 0.15) is 543 Å². The molecule has 118 heavy (non-hydrogen) atoms. The van der Waals surface area contributed by atoms with E-state index in [9.17, 15) is 52.7 Å². The minimum Gasteiger partial charge on any atom is -0.393 e. The van der Waals surface area contributed by atoms with E-state index in [2.05, 4.69) is 152 Å². The van der Waals surface area contributed by atoms with Crippen LogP contribution in [0.2, 0.25) is 0 Å². The quantitative estimate of drug-likeness (QED) is 0.0616. The van der Waals surface area contributed by atoms with Crippen LogP contribution in [0.4, 0.5) is 52.7 Å². The van der Waals surface area contributed by atoms with Crippen LogP contribution >= 0.6 is 0 Å². The largest absolute Gasteiger partial charge is 0.393 e. The Kier molecular flexibility index (Phi) is 68.7. The number of hydrogen-bond acceptors (Lipinski definition) is 2. The molecule has 2 nitrogen and oxygen atoms in total. The second-order valence-electron chi connectivity index (χ2n) is 43.0. The lowest BCUT2D eigenvalue weighted by Gasteiger charge is -2.44. The van der Waals surface area contributed by atoms with Gasteiger partial charge in [-0.15, -0.1) is 0 Å². The van der Waals surface area contributed by atoms with Crippen molar-refractivity contribution in [3.8, 4) is 0 Å². The molecule has 0 aromatic rings. The Morgan fingerprint density at radius 2 is 0.432 bits per heavy atom. The van der Waals surface area contributed by atoms with Crippen molar-refractivity contribution in [2.24, 2.45) is 59.6 Å². The van der Waals surface area contributed by atoms with Crippen LogP contribution in [-0.2, 0) is 4.74 Å². The number of halogens is 12. The van der Waals surface area contributed by atoms with Gasteiger partial charge in [0, 0.05) is 37.5 Å². The third-order valence-electron chi connectivity index (χ3n) is 30.1. The molecule has 0 amide bonds. The van der Waals surface area contributed by atoms with Crippen molar-refractivity contribution in [2.75, 3.05) is 19.8 Å². The van der Waals surface area contributed by atoms with Gasteiger partial charge in [0.2, 0.25) is 17.8 Å². The van der Waals surface area contributed by atoms with Crippen LogP contribution < -0.4 is 0 Å². The molecule has 1 saturated heterocycles. The van der Waals surface area contributed by atoms with E-state index in [0.717, 1.165) is 155 Å². The molecule has 0 spiro atoms. The van der Waals surface area contributed by atoms with E-state index in [0.29, 0.717) is 62.2 Å². The highest BCUT2D eigenvalue weighted by atomic mass is 19.3. The summed E-state index contributed by atoms with van der Waals surface area (Å²) in [6.45, 7) is 87.0. The normalized spacial score (nSPS) is 16.7. The number of rotatable bonds is 46. The van der Waals surface area contributed by atoms with Gasteiger partial charge in [-0.3, -0.25) is 0 Å². The molecule has 1 heterocycles. The zero-order chi connectivity index (χ0) is 95.0. The van der Waals surface area contributed by atoms with Gasteiger partial charge < -0.3 is 9.84 Å². The second kappa shape index (κ2) is 60.0. The number of aliphatic hydroxyl groups excluding tert-OH is 1. The lowest BCUT2D eigenvalue weighted by atomic mass is 9.69. The summed E-state index contributed by atoms with van der Waals surface area (Å²) in [4.78, 5) is 0. The van der Waals surface area contributed by atoms with Crippen LogP contribution in [0.3, 0.4) is 0 Å². The summed E-state index contributed by atoms with van der Waals surface area (Å²) in [6, 6.07) is 0. The zero-order valence-electron chi connectivity index (χ0n) is 86.7. The highest BCUT2D eigenvalue weighted by Crippen LogP contribution is 2.51. The lowest BCUT2D eigenvalue weighted by molar-refractivity contribution is -0.123. The molecular formula is C104H214F12O2. The molecule has 4 atom stereocenters. The van der Waals surface area contributed by atoms with Gasteiger partial charge >= 0.3 is 0 Å². The van der Waals surface area contributed by atoms with E-state index in [1.807, 2.05) is 83.1 Å². The molecule has 0 bridgehead atoms. The fourth-order valence-electron chi connectivity index (χ4n) is 14.9. The maximum atomic E-state index is 13.7. The first kappa shape index (κ1) is 135. The van der Waals surface area contributed by atoms with E-state index in [1.54, 1.807) is 48.5 Å². The van der Waals surface area contributed by atoms with Crippen molar-refractivity contribution in [1.29, 1.82) is 0 Å². The first-order valence-corrected chi connectivity index (χ1v) is 48.0. The maximum absolute atomic E-state index is 13.7. The average Bonchev–Trinajstić information content (AvgIpc) is 1.75. The van der Waals surface area contributed by atoms with Crippen molar-refractivity contribution in [2.45, 2.75) is 594 Å². The molecular weight excluding hydrogens is 1510 g/mol. The Labute approximate surface area is 732 Å². The summed E-state index contributed by atoms with van der Waals surface area (Å²) < 4.78 is 164. The maximum Gasteiger partial charge on any atom is 0.248 e. The Hall–Kier alpha value is -0.920. The Morgan fingerprint density at radius 3 is 0.568 bits per heavy atom. The SMILES string of the molecule is C.CCC(C)(CC)CC(C)(C)F.CCC(C)(CC)CC(C)(F)F.CCC(C)(CC)CC1(C)COC1.CCC(C)(CC)CC1(F)CC1.CCC(C)(CC)C[C@@](C)(F)CC.CCC(C)(CC)C[C@@](C)(F)CO.CCC(C)(CC)C[C@](C)(F)CC.CCC(C)(CC)C[C@](C)(F)CC.CCC(F)(F)CC(C)(CC)CC.CCC(F)(F)CC(C)(CC)CC. The van der Waals surface area contributed by atoms with Gasteiger partial charge in [0.25, 0.3) is 0 Å². The summed E-state index contributed by atoms with van der Waals surface area (Å²) in [7, 11) is 0. The molecule has 1 N–H and O–H groups in total. The van der Waals surface area contributed by atoms with Crippen LogP contribution in [0.5, 0.6) is 0 Å². The number of aliphatic hydroxyl groups is 1. The molecule has 2 aliphatic rings. The van der Waals surface area contributed by atoms with Crippen LogP contribution in [0.25, 0.3) is 0 Å². The van der Waals surface area contributed by atoms with Crippen molar-refractivity contribution in [1.82, 2.24) is 0 Å². The average molecular weight is 1720 g/mol. The van der Waals surface area contributed by atoms with E-state index < -0.39 is 51.8 Å². The second-order valence-corrected chi connectivity index (χ2v) is 43.0. The van der Waals surface area contributed by atoms with Crippen molar-refractivity contribution in [3.63, 3.8) is 0 Å². The Bertz CT molecular complexity index is 1950. The molecule has 1 aliphatic carbocycles. The predicted octanol–water partition coefficient (Wildman–Crippen LogP) is 39.8. The molecule has 0 radical (unpaired) electrons. The molecule has 1 saturated carbocycles. The molecule has 2 fully saturated rings. The van der Waals surface area contributed by atoms with E-state index in [1.165, 1.54) is 26.2 Å². The van der Waals surface area contributed by atoms with Gasteiger partial charge in [0.15, 0.2) is 0 Å². The van der Waals surface area contributed by atoms with E-state index in [-0.39, 0.29) is 94.9 Å². The smallest absolute Gasteiger partial charge is 0.248 e. The van der Waals surface area contributed by atoms with Gasteiger partial charge in [-0.2, -0.15) is 0 Å². The van der Waals surface area contributed by atoms with Gasteiger partial charge in [-0.25, -0.2) is 52.7 Å². The molecule has 1 aliphatic heterocycles. The minimum absolute atomic E-state index is 0. The lowest BCUT2D eigenvalue weighted by Crippen LogP contribution is -2.43. The molecule has 0 aromatic heterocycles. The van der Waals surface area contributed by atoms with Crippen molar-refractivity contribution < 1.29 is 62.5 Å². The number of ether oxygens (including phenoxy) is 1. The van der Waals surface area contributed by atoms with Gasteiger partial charge in [-0.1, -0.05) is 385 Å². The standard InChI is InChI=1S/3C11H23F.C11H22O.2C10H20F2.C10H21FO.C10H19F.C10H21F.C9H18F2.CH4/c3*1-6-10(4,7-2)9-11(5,12)8-3;1-5-10(3,6-2)7-11(4)8-12-9-11;2*1-5-9(4,6-2)8-10(11,12)7-3;1-5-9(3,6-2)7-10(4,11)8-12;1-4-9(3,5-2)8-10(11)6-7-10;1-6-10(5,7-2)8-9(3,4)11;1-5-8(3,6-2)7-9(4,10)11;/h3*6-9H2,1-5H3;5-9H2,1-4H3;2*5-8H2,1-4H3;12H,5-8H2,1-4H3;4-8H2,1-3H3;6-8H2,1-5H3;5-7H2,1-4H3;1H4/t3*11-;;;;10-;;;;/m110...1..../s1. The fraction of sp³-hybridized carbons (Fsp3) is 1.00. The third-order valence-corrected chi connectivity index (χ3v) is 30.1. The van der Waals surface area contributed by atoms with E-state index in [4.69, 9.17) is 9.84 Å². The number of alkyl halides is 12. The predicted molar refractivity (Wildman–Crippen MR) is 504 cm³/mol. The highest BCUT2D eigenvalue weighted by Gasteiger charge is 2.48. The highest BCUT2D eigenvalue weighted by molar-refractivity contribution is 4.98. The summed E-state index contributed by atoms with van der Waals surface area (Å²) in [6.07, 6.45) is 29.1. The summed E-state index contributed by atoms with van der Waals surface area (Å²) in [5.74, 6) is -7.46. The van der Waals surface area contributed by atoms with Crippen LogP contribution in [0.15, 0.2) is 0 Å². The monoisotopic (exact) mass is 1720 g/mol. The van der Waals surface area contributed by atoms with Crippen LogP contribution in [-0.4, -0.2) is 76.7 Å². The summed E-state index contributed by atoms with van der Waals surface area (Å²) >= 11 is 0. The van der Waals surface area contributed by atoms with Gasteiger partial charge in [-0.05, 0) is 180 Å². The van der Waals surface area contributed by atoms with Crippen molar-refractivity contribution >= 4 is 0 Å². The first-order valence-electron chi connectivity index (χ1n) is 48.0. The molecule has 2 rings (SSSR count). The third kappa shape index (κ3) is 66.5. The topological polar surface area (TPSA) is 29.5 Å². The summed E-state index contributed by atoms with van der Waals surface area (Å²) in [5, 5.41) is 8.77.